The standard InChI is InChI=1S/C19H23NO/c1-2-4-16(5-3-1)13-15-21-19-10-6-17(7-11-19)12-14-20-18-8-9-18/h1-7,10-11,18,20H,8-9,12-15H2. The molecule has 0 spiro atoms. The third kappa shape index (κ3) is 4.91. The second kappa shape index (κ2) is 7.28. The minimum atomic E-state index is 0.729. The van der Waals surface area contributed by atoms with Crippen molar-refractivity contribution in [2.24, 2.45) is 0 Å². The van der Waals surface area contributed by atoms with Crippen molar-refractivity contribution in [3.8, 4) is 5.75 Å². The fourth-order valence-electron chi connectivity index (χ4n) is 2.39. The Morgan fingerprint density at radius 1 is 0.857 bits per heavy atom. The average Bonchev–Trinajstić information content (AvgIpc) is 3.34. The molecular formula is C19H23NO. The van der Waals surface area contributed by atoms with Crippen LogP contribution in [0.2, 0.25) is 0 Å². The molecule has 1 aliphatic rings. The van der Waals surface area contributed by atoms with Gasteiger partial charge in [0.05, 0.1) is 6.61 Å². The fraction of sp³-hybridized carbons (Fsp3) is 0.368. The zero-order chi connectivity index (χ0) is 14.3. The van der Waals surface area contributed by atoms with Crippen molar-refractivity contribution in [3.05, 3.63) is 65.7 Å². The first-order valence-corrected chi connectivity index (χ1v) is 7.89. The quantitative estimate of drug-likeness (QED) is 0.798. The molecule has 0 aromatic heterocycles. The molecule has 1 aliphatic carbocycles. The van der Waals surface area contributed by atoms with Crippen LogP contribution in [0.15, 0.2) is 54.6 Å². The molecule has 2 nitrogen and oxygen atoms in total. The maximum absolute atomic E-state index is 5.80. The fourth-order valence-corrected chi connectivity index (χ4v) is 2.39. The monoisotopic (exact) mass is 281 g/mol. The van der Waals surface area contributed by atoms with Crippen molar-refractivity contribution < 1.29 is 4.74 Å². The molecular weight excluding hydrogens is 258 g/mol. The molecule has 0 atom stereocenters. The molecule has 1 N–H and O–H groups in total. The van der Waals surface area contributed by atoms with E-state index in [0.29, 0.717) is 0 Å². The summed E-state index contributed by atoms with van der Waals surface area (Å²) in [5, 5.41) is 3.54. The molecule has 2 heteroatoms. The molecule has 2 aromatic carbocycles. The van der Waals surface area contributed by atoms with Gasteiger partial charge in [0.1, 0.15) is 5.75 Å². The van der Waals surface area contributed by atoms with Gasteiger partial charge in [0.2, 0.25) is 0 Å². The van der Waals surface area contributed by atoms with Crippen LogP contribution in [0.5, 0.6) is 5.75 Å². The van der Waals surface area contributed by atoms with Crippen molar-refractivity contribution in [3.63, 3.8) is 0 Å². The maximum atomic E-state index is 5.80. The maximum Gasteiger partial charge on any atom is 0.119 e. The Balaban J connectivity index is 1.39. The Bertz CT molecular complexity index is 531. The molecule has 110 valence electrons. The van der Waals surface area contributed by atoms with Gasteiger partial charge in [0.25, 0.3) is 0 Å². The lowest BCUT2D eigenvalue weighted by Crippen LogP contribution is -2.19. The van der Waals surface area contributed by atoms with E-state index in [4.69, 9.17) is 4.74 Å². The number of benzene rings is 2. The van der Waals surface area contributed by atoms with Crippen LogP contribution in [0.4, 0.5) is 0 Å². The van der Waals surface area contributed by atoms with Crippen molar-refractivity contribution in [2.45, 2.75) is 31.7 Å². The van der Waals surface area contributed by atoms with Gasteiger partial charge >= 0.3 is 0 Å². The van der Waals surface area contributed by atoms with Gasteiger partial charge in [-0.2, -0.15) is 0 Å². The molecule has 0 amide bonds. The van der Waals surface area contributed by atoms with Gasteiger partial charge in [-0.15, -0.1) is 0 Å². The van der Waals surface area contributed by atoms with Gasteiger partial charge < -0.3 is 10.1 Å². The third-order valence-corrected chi connectivity index (χ3v) is 3.85. The summed E-state index contributed by atoms with van der Waals surface area (Å²) >= 11 is 0. The van der Waals surface area contributed by atoms with E-state index in [1.54, 1.807) is 0 Å². The second-order valence-electron chi connectivity index (χ2n) is 5.71. The Morgan fingerprint density at radius 2 is 1.57 bits per heavy atom. The predicted octanol–water partition coefficient (Wildman–Crippen LogP) is 3.60. The Morgan fingerprint density at radius 3 is 2.29 bits per heavy atom. The SMILES string of the molecule is c1ccc(CCOc2ccc(CCNC3CC3)cc2)cc1. The molecule has 0 bridgehead atoms. The minimum Gasteiger partial charge on any atom is -0.493 e. The van der Waals surface area contributed by atoms with Crippen LogP contribution in [0, 0.1) is 0 Å². The second-order valence-corrected chi connectivity index (χ2v) is 5.71. The topological polar surface area (TPSA) is 21.3 Å². The van der Waals surface area contributed by atoms with Crippen molar-refractivity contribution >= 4 is 0 Å². The minimum absolute atomic E-state index is 0.729. The van der Waals surface area contributed by atoms with Crippen LogP contribution in [0.25, 0.3) is 0 Å². The van der Waals surface area contributed by atoms with E-state index in [-0.39, 0.29) is 0 Å². The molecule has 3 rings (SSSR count). The van der Waals surface area contributed by atoms with E-state index in [9.17, 15) is 0 Å². The van der Waals surface area contributed by atoms with Crippen LogP contribution in [-0.4, -0.2) is 19.2 Å². The van der Waals surface area contributed by atoms with Crippen LogP contribution >= 0.6 is 0 Å². The van der Waals surface area contributed by atoms with Gasteiger partial charge in [0, 0.05) is 12.5 Å². The zero-order valence-electron chi connectivity index (χ0n) is 12.4. The molecule has 1 saturated carbocycles. The summed E-state index contributed by atoms with van der Waals surface area (Å²) in [6.07, 6.45) is 4.76. The predicted molar refractivity (Wildman–Crippen MR) is 86.8 cm³/mol. The van der Waals surface area contributed by atoms with Crippen LogP contribution < -0.4 is 10.1 Å². The van der Waals surface area contributed by atoms with Gasteiger partial charge in [0.15, 0.2) is 0 Å². The molecule has 0 aliphatic heterocycles. The van der Waals surface area contributed by atoms with Crippen molar-refractivity contribution in [2.75, 3.05) is 13.2 Å². The van der Waals surface area contributed by atoms with E-state index < -0.39 is 0 Å². The number of ether oxygens (including phenoxy) is 1. The summed E-state index contributed by atoms with van der Waals surface area (Å²) in [5.74, 6) is 0.963. The third-order valence-electron chi connectivity index (χ3n) is 3.85. The highest BCUT2D eigenvalue weighted by atomic mass is 16.5. The van der Waals surface area contributed by atoms with E-state index >= 15 is 0 Å². The van der Waals surface area contributed by atoms with Gasteiger partial charge in [-0.3, -0.25) is 0 Å². The molecule has 0 radical (unpaired) electrons. The molecule has 21 heavy (non-hydrogen) atoms. The average molecular weight is 281 g/mol. The lowest BCUT2D eigenvalue weighted by atomic mass is 10.1. The zero-order valence-corrected chi connectivity index (χ0v) is 12.4. The van der Waals surface area contributed by atoms with E-state index in [2.05, 4.69) is 53.8 Å². The molecule has 2 aromatic rings. The molecule has 0 heterocycles. The van der Waals surface area contributed by atoms with Crippen LogP contribution in [0.3, 0.4) is 0 Å². The number of nitrogens with one attached hydrogen (secondary N) is 1. The summed E-state index contributed by atoms with van der Waals surface area (Å²) in [5.41, 5.74) is 2.69. The van der Waals surface area contributed by atoms with E-state index in [1.807, 2.05) is 6.07 Å². The summed E-state index contributed by atoms with van der Waals surface area (Å²) in [4.78, 5) is 0. The van der Waals surface area contributed by atoms with E-state index in [0.717, 1.165) is 37.8 Å². The number of hydrogen-bond donors (Lipinski definition) is 1. The summed E-state index contributed by atoms with van der Waals surface area (Å²) in [7, 11) is 0. The molecule has 1 fully saturated rings. The van der Waals surface area contributed by atoms with Gasteiger partial charge in [-0.05, 0) is 49.1 Å². The summed E-state index contributed by atoms with van der Waals surface area (Å²) < 4.78 is 5.80. The lowest BCUT2D eigenvalue weighted by Gasteiger charge is -2.08. The van der Waals surface area contributed by atoms with Crippen molar-refractivity contribution in [1.29, 1.82) is 0 Å². The normalized spacial score (nSPS) is 14.1. The first-order valence-electron chi connectivity index (χ1n) is 7.89. The molecule has 0 saturated heterocycles. The Kier molecular flexibility index (Phi) is 4.90. The Hall–Kier alpha value is -1.80. The largest absolute Gasteiger partial charge is 0.493 e. The highest BCUT2D eigenvalue weighted by Gasteiger charge is 2.19. The molecule has 0 unspecified atom stereocenters. The van der Waals surface area contributed by atoms with E-state index in [1.165, 1.54) is 24.0 Å². The summed E-state index contributed by atoms with van der Waals surface area (Å²) in [6, 6.07) is 19.8. The van der Waals surface area contributed by atoms with Crippen molar-refractivity contribution in [1.82, 2.24) is 5.32 Å². The van der Waals surface area contributed by atoms with Crippen LogP contribution in [-0.2, 0) is 12.8 Å². The lowest BCUT2D eigenvalue weighted by molar-refractivity contribution is 0.322. The first kappa shape index (κ1) is 14.2. The smallest absolute Gasteiger partial charge is 0.119 e. The highest BCUT2D eigenvalue weighted by Crippen LogP contribution is 2.18. The number of hydrogen-bond acceptors (Lipinski definition) is 2. The highest BCUT2D eigenvalue weighted by molar-refractivity contribution is 5.27. The summed E-state index contributed by atoms with van der Waals surface area (Å²) in [6.45, 7) is 1.81. The van der Waals surface area contributed by atoms with Crippen LogP contribution in [0.1, 0.15) is 24.0 Å². The first-order chi connectivity index (χ1) is 10.4. The van der Waals surface area contributed by atoms with Gasteiger partial charge in [-0.1, -0.05) is 42.5 Å². The Labute approximate surface area is 127 Å². The number of rotatable bonds is 8. The van der Waals surface area contributed by atoms with Gasteiger partial charge in [-0.25, -0.2) is 0 Å².